The van der Waals surface area contributed by atoms with Crippen molar-refractivity contribution in [3.63, 3.8) is 0 Å². The number of anilines is 1. The molecule has 0 aliphatic rings. The van der Waals surface area contributed by atoms with Crippen molar-refractivity contribution in [3.05, 3.63) is 40.4 Å². The Morgan fingerprint density at radius 3 is 2.78 bits per heavy atom. The number of primary amides is 1. The number of aromatic hydroxyl groups is 1. The Bertz CT molecular complexity index is 580. The molecule has 1 heterocycles. The molecule has 2 aromatic rings. The van der Waals surface area contributed by atoms with E-state index in [4.69, 9.17) is 11.5 Å². The summed E-state index contributed by atoms with van der Waals surface area (Å²) in [4.78, 5) is 15.4. The molecule has 6 heteroatoms. The lowest BCUT2D eigenvalue weighted by Crippen LogP contribution is -2.14. The summed E-state index contributed by atoms with van der Waals surface area (Å²) in [6.45, 7) is 0. The van der Waals surface area contributed by atoms with Crippen LogP contribution in [0.2, 0.25) is 0 Å². The van der Waals surface area contributed by atoms with E-state index in [2.05, 4.69) is 4.98 Å². The third kappa shape index (κ3) is 2.78. The normalized spacial score (nSPS) is 10.4. The zero-order valence-corrected chi connectivity index (χ0v) is 10.4. The first-order valence-electron chi connectivity index (χ1n) is 5.38. The van der Waals surface area contributed by atoms with Crippen LogP contribution in [0.5, 0.6) is 5.75 Å². The molecule has 0 aliphatic carbocycles. The van der Waals surface area contributed by atoms with Gasteiger partial charge in [-0.2, -0.15) is 0 Å². The van der Waals surface area contributed by atoms with Crippen LogP contribution in [0.4, 0.5) is 5.13 Å². The predicted octanol–water partition coefficient (Wildman–Crippen LogP) is 1.31. The number of carbonyl (C=O) groups excluding carboxylic acids is 1. The van der Waals surface area contributed by atoms with E-state index in [1.54, 1.807) is 6.07 Å². The molecule has 2 rings (SSSR count). The number of aromatic nitrogens is 1. The van der Waals surface area contributed by atoms with E-state index in [1.165, 1.54) is 23.5 Å². The minimum Gasteiger partial charge on any atom is -0.508 e. The molecule has 5 N–H and O–H groups in total. The molecule has 0 atom stereocenters. The molecule has 1 amide bonds. The third-order valence-corrected chi connectivity index (χ3v) is 3.30. The second-order valence-corrected chi connectivity index (χ2v) is 4.77. The van der Waals surface area contributed by atoms with Gasteiger partial charge in [-0.25, -0.2) is 4.98 Å². The number of thiazole rings is 1. The van der Waals surface area contributed by atoms with Crippen molar-refractivity contribution in [1.29, 1.82) is 0 Å². The maximum atomic E-state index is 11.3. The van der Waals surface area contributed by atoms with Gasteiger partial charge in [0.1, 0.15) is 5.75 Å². The average molecular weight is 263 g/mol. The number of phenols is 1. The highest BCUT2D eigenvalue weighted by atomic mass is 32.1. The molecule has 0 bridgehead atoms. The quantitative estimate of drug-likeness (QED) is 0.774. The highest BCUT2D eigenvalue weighted by Gasteiger charge is 2.10. The van der Waals surface area contributed by atoms with E-state index in [1.807, 2.05) is 5.38 Å². The molecule has 94 valence electrons. The van der Waals surface area contributed by atoms with Gasteiger partial charge in [-0.1, -0.05) is 6.07 Å². The second-order valence-electron chi connectivity index (χ2n) is 3.88. The predicted molar refractivity (Wildman–Crippen MR) is 70.6 cm³/mol. The van der Waals surface area contributed by atoms with E-state index < -0.39 is 5.91 Å². The van der Waals surface area contributed by atoms with E-state index in [0.717, 1.165) is 11.3 Å². The number of nitrogens with zero attached hydrogens (tertiary/aromatic N) is 1. The summed E-state index contributed by atoms with van der Waals surface area (Å²) in [5, 5.41) is 11.8. The van der Waals surface area contributed by atoms with Crippen molar-refractivity contribution in [1.82, 2.24) is 4.98 Å². The Kier molecular flexibility index (Phi) is 3.47. The first-order chi connectivity index (χ1) is 8.56. The fourth-order valence-electron chi connectivity index (χ4n) is 1.71. The first kappa shape index (κ1) is 12.4. The maximum absolute atomic E-state index is 11.3. The van der Waals surface area contributed by atoms with Crippen LogP contribution in [0.3, 0.4) is 0 Å². The molecule has 1 aromatic carbocycles. The number of nitrogen functional groups attached to an aromatic ring is 1. The van der Waals surface area contributed by atoms with E-state index in [-0.39, 0.29) is 5.75 Å². The minimum absolute atomic E-state index is 0.0328. The average Bonchev–Trinajstić information content (AvgIpc) is 2.73. The number of hydrogen-bond acceptors (Lipinski definition) is 5. The van der Waals surface area contributed by atoms with Crippen molar-refractivity contribution in [2.24, 2.45) is 5.73 Å². The van der Waals surface area contributed by atoms with Crippen molar-refractivity contribution < 1.29 is 9.90 Å². The number of rotatable bonds is 4. The van der Waals surface area contributed by atoms with Crippen molar-refractivity contribution in [3.8, 4) is 5.75 Å². The number of amides is 1. The molecule has 0 aliphatic heterocycles. The van der Waals surface area contributed by atoms with Gasteiger partial charge in [0.2, 0.25) is 5.91 Å². The number of aryl methyl sites for hydroxylation is 2. The molecule has 0 unspecified atom stereocenters. The van der Waals surface area contributed by atoms with Crippen molar-refractivity contribution in [2.45, 2.75) is 12.8 Å². The van der Waals surface area contributed by atoms with Crippen molar-refractivity contribution in [2.75, 3.05) is 5.73 Å². The van der Waals surface area contributed by atoms with Crippen LogP contribution in [0.1, 0.15) is 21.6 Å². The summed E-state index contributed by atoms with van der Waals surface area (Å²) >= 11 is 1.39. The number of phenolic OH excluding ortho intramolecular Hbond substituents is 1. The van der Waals surface area contributed by atoms with Gasteiger partial charge in [0.25, 0.3) is 0 Å². The number of carbonyl (C=O) groups is 1. The molecule has 0 fully saturated rings. The molecular formula is C12H13N3O2S. The Balaban J connectivity index is 2.16. The standard InChI is InChI=1S/C12H13N3O2S/c13-11(17)10-5-9(16)4-2-7(10)1-3-8-6-18-12(14)15-8/h2,4-6,16H,1,3H2,(H2,13,17)(H2,14,15). The summed E-state index contributed by atoms with van der Waals surface area (Å²) in [6, 6.07) is 4.62. The molecule has 0 saturated heterocycles. The van der Waals surface area contributed by atoms with Crippen LogP contribution in [0.25, 0.3) is 0 Å². The SMILES string of the molecule is NC(=O)c1cc(O)ccc1CCc1csc(N)n1. The van der Waals surface area contributed by atoms with E-state index in [0.29, 0.717) is 23.5 Å². The Morgan fingerprint density at radius 2 is 2.17 bits per heavy atom. The smallest absolute Gasteiger partial charge is 0.249 e. The Hall–Kier alpha value is -2.08. The lowest BCUT2D eigenvalue weighted by molar-refractivity contribution is 0.0999. The second kappa shape index (κ2) is 5.05. The fraction of sp³-hybridized carbons (Fsp3) is 0.167. The third-order valence-electron chi connectivity index (χ3n) is 2.58. The van der Waals surface area contributed by atoms with Gasteiger partial charge < -0.3 is 16.6 Å². The summed E-state index contributed by atoms with van der Waals surface area (Å²) in [5.74, 6) is -0.510. The number of benzene rings is 1. The largest absolute Gasteiger partial charge is 0.508 e. The molecular weight excluding hydrogens is 250 g/mol. The zero-order valence-electron chi connectivity index (χ0n) is 9.59. The summed E-state index contributed by atoms with van der Waals surface area (Å²) in [6.07, 6.45) is 1.31. The van der Waals surface area contributed by atoms with Crippen LogP contribution in [-0.2, 0) is 12.8 Å². The zero-order chi connectivity index (χ0) is 13.1. The Labute approximate surface area is 108 Å². The lowest BCUT2D eigenvalue weighted by Gasteiger charge is -2.06. The molecule has 0 spiro atoms. The molecule has 18 heavy (non-hydrogen) atoms. The lowest BCUT2D eigenvalue weighted by atomic mass is 10.0. The first-order valence-corrected chi connectivity index (χ1v) is 6.26. The summed E-state index contributed by atoms with van der Waals surface area (Å²) in [7, 11) is 0. The van der Waals surface area contributed by atoms with Gasteiger partial charge in [-0.05, 0) is 30.5 Å². The maximum Gasteiger partial charge on any atom is 0.249 e. The van der Waals surface area contributed by atoms with Gasteiger partial charge in [0.05, 0.1) is 5.69 Å². The monoisotopic (exact) mass is 263 g/mol. The molecule has 0 saturated carbocycles. The summed E-state index contributed by atoms with van der Waals surface area (Å²) < 4.78 is 0. The van der Waals surface area contributed by atoms with Crippen molar-refractivity contribution >= 4 is 22.4 Å². The number of hydrogen-bond donors (Lipinski definition) is 3. The van der Waals surface area contributed by atoms with Crippen LogP contribution in [0.15, 0.2) is 23.6 Å². The van der Waals surface area contributed by atoms with Gasteiger partial charge in [-0.3, -0.25) is 4.79 Å². The van der Waals surface area contributed by atoms with E-state index >= 15 is 0 Å². The topological polar surface area (TPSA) is 102 Å². The van der Waals surface area contributed by atoms with E-state index in [9.17, 15) is 9.90 Å². The van der Waals surface area contributed by atoms with Crippen LogP contribution < -0.4 is 11.5 Å². The van der Waals surface area contributed by atoms with Gasteiger partial charge >= 0.3 is 0 Å². The van der Waals surface area contributed by atoms with Crippen LogP contribution in [0, 0.1) is 0 Å². The minimum atomic E-state index is -0.543. The van der Waals surface area contributed by atoms with Gasteiger partial charge in [-0.15, -0.1) is 11.3 Å². The fourth-order valence-corrected chi connectivity index (χ4v) is 2.31. The van der Waals surface area contributed by atoms with Crippen LogP contribution >= 0.6 is 11.3 Å². The van der Waals surface area contributed by atoms with Crippen LogP contribution in [-0.4, -0.2) is 16.0 Å². The van der Waals surface area contributed by atoms with Gasteiger partial charge in [0, 0.05) is 10.9 Å². The Morgan fingerprint density at radius 1 is 1.39 bits per heavy atom. The molecule has 0 radical (unpaired) electrons. The summed E-state index contributed by atoms with van der Waals surface area (Å²) in [5.41, 5.74) is 12.9. The molecule has 5 nitrogen and oxygen atoms in total. The highest BCUT2D eigenvalue weighted by molar-refractivity contribution is 7.13. The van der Waals surface area contributed by atoms with Gasteiger partial charge in [0.15, 0.2) is 5.13 Å². The molecule has 1 aromatic heterocycles. The number of nitrogens with two attached hydrogens (primary N) is 2. The highest BCUT2D eigenvalue weighted by Crippen LogP contribution is 2.19.